The van der Waals surface area contributed by atoms with Crippen LogP contribution in [0.1, 0.15) is 6.42 Å². The number of fused-ring (bicyclic) bond motifs is 1. The predicted octanol–water partition coefficient (Wildman–Crippen LogP) is 1.60. The zero-order chi connectivity index (χ0) is 9.97. The fraction of sp³-hybridized carbons (Fsp3) is 0.200. The van der Waals surface area contributed by atoms with E-state index in [0.717, 1.165) is 10.6 Å². The van der Waals surface area contributed by atoms with Crippen LogP contribution in [0.4, 0.5) is 5.69 Å². The summed E-state index contributed by atoms with van der Waals surface area (Å²) in [6, 6.07) is 7.55. The van der Waals surface area contributed by atoms with Crippen molar-refractivity contribution in [3.8, 4) is 0 Å². The Morgan fingerprint density at radius 2 is 2.21 bits per heavy atom. The minimum absolute atomic E-state index is 0.114. The molecule has 1 amide bonds. The van der Waals surface area contributed by atoms with E-state index in [2.05, 4.69) is 5.32 Å². The second-order valence-corrected chi connectivity index (χ2v) is 4.18. The molecule has 71 valence electrons. The molecule has 1 aliphatic heterocycles. The average molecular weight is 206 g/mol. The third kappa shape index (κ3) is 1.65. The molecule has 1 N–H and O–H groups in total. The molecule has 0 spiro atoms. The van der Waals surface area contributed by atoms with E-state index in [-0.39, 0.29) is 17.6 Å². The number of thioether (sulfide) groups is 1. The summed E-state index contributed by atoms with van der Waals surface area (Å²) in [5.41, 5.74) is 0.824. The van der Waals surface area contributed by atoms with Crippen molar-refractivity contribution in [3.05, 3.63) is 24.3 Å². The molecule has 1 aliphatic rings. The summed E-state index contributed by atoms with van der Waals surface area (Å²) in [7, 11) is 0. The maximum atomic E-state index is 11.4. The Balaban J connectivity index is 2.26. The van der Waals surface area contributed by atoms with E-state index in [1.54, 1.807) is 6.29 Å². The van der Waals surface area contributed by atoms with Crippen LogP contribution in [0.2, 0.25) is 0 Å². The van der Waals surface area contributed by atoms with Gasteiger partial charge in [0.25, 0.3) is 0 Å². The SMILES string of the molecule is O=[C]CC1Sc2ccccc2NC1=O. The highest BCUT2D eigenvalue weighted by atomic mass is 32.2. The van der Waals surface area contributed by atoms with Crippen LogP contribution < -0.4 is 5.32 Å². The first-order valence-corrected chi connectivity index (χ1v) is 5.11. The van der Waals surface area contributed by atoms with E-state index in [1.807, 2.05) is 24.3 Å². The van der Waals surface area contributed by atoms with Gasteiger partial charge in [0.15, 0.2) is 6.29 Å². The number of anilines is 1. The minimum Gasteiger partial charge on any atom is -0.324 e. The molecule has 4 heteroatoms. The number of carbonyl (C=O) groups is 1. The molecular formula is C10H8NO2S. The summed E-state index contributed by atoms with van der Waals surface area (Å²) < 4.78 is 0. The van der Waals surface area contributed by atoms with Gasteiger partial charge in [-0.1, -0.05) is 12.1 Å². The van der Waals surface area contributed by atoms with Crippen LogP contribution in [0, 0.1) is 0 Å². The maximum absolute atomic E-state index is 11.4. The predicted molar refractivity (Wildman–Crippen MR) is 55.0 cm³/mol. The van der Waals surface area contributed by atoms with Gasteiger partial charge in [-0.05, 0) is 12.1 Å². The monoisotopic (exact) mass is 206 g/mol. The molecule has 1 unspecified atom stereocenters. The van der Waals surface area contributed by atoms with Gasteiger partial charge >= 0.3 is 0 Å². The fourth-order valence-electron chi connectivity index (χ4n) is 1.30. The number of benzene rings is 1. The molecular weight excluding hydrogens is 198 g/mol. The van der Waals surface area contributed by atoms with Crippen molar-refractivity contribution >= 4 is 29.6 Å². The molecule has 1 radical (unpaired) electrons. The summed E-state index contributed by atoms with van der Waals surface area (Å²) >= 11 is 1.42. The van der Waals surface area contributed by atoms with Crippen molar-refractivity contribution in [2.24, 2.45) is 0 Å². The van der Waals surface area contributed by atoms with Gasteiger partial charge in [0.2, 0.25) is 5.91 Å². The van der Waals surface area contributed by atoms with Gasteiger partial charge < -0.3 is 5.32 Å². The first-order chi connectivity index (χ1) is 6.81. The van der Waals surface area contributed by atoms with E-state index >= 15 is 0 Å². The molecule has 1 aromatic carbocycles. The highest BCUT2D eigenvalue weighted by Crippen LogP contribution is 2.36. The summed E-state index contributed by atoms with van der Waals surface area (Å²) in [6.45, 7) is 0. The third-order valence-corrected chi connectivity index (χ3v) is 3.25. The van der Waals surface area contributed by atoms with E-state index < -0.39 is 0 Å². The van der Waals surface area contributed by atoms with Crippen molar-refractivity contribution in [1.29, 1.82) is 0 Å². The maximum Gasteiger partial charge on any atom is 0.238 e. The van der Waals surface area contributed by atoms with Gasteiger partial charge in [-0.2, -0.15) is 0 Å². The fourth-order valence-corrected chi connectivity index (χ4v) is 2.33. The van der Waals surface area contributed by atoms with Crippen molar-refractivity contribution in [3.63, 3.8) is 0 Å². The molecule has 0 saturated carbocycles. The van der Waals surface area contributed by atoms with E-state index in [9.17, 15) is 9.59 Å². The van der Waals surface area contributed by atoms with Crippen LogP contribution in [0.15, 0.2) is 29.2 Å². The molecule has 2 rings (SSSR count). The van der Waals surface area contributed by atoms with Gasteiger partial charge in [-0.25, -0.2) is 0 Å². The van der Waals surface area contributed by atoms with E-state index in [1.165, 1.54) is 11.8 Å². The zero-order valence-corrected chi connectivity index (χ0v) is 8.14. The Kier molecular flexibility index (Phi) is 2.54. The van der Waals surface area contributed by atoms with E-state index in [0.29, 0.717) is 0 Å². The number of nitrogens with one attached hydrogen (secondary N) is 1. The molecule has 1 atom stereocenters. The second-order valence-electron chi connectivity index (χ2n) is 2.94. The number of carbonyl (C=O) groups excluding carboxylic acids is 2. The van der Waals surface area contributed by atoms with Crippen molar-refractivity contribution in [2.75, 3.05) is 5.32 Å². The third-order valence-electron chi connectivity index (χ3n) is 1.98. The molecule has 0 saturated heterocycles. The Labute approximate surface area is 85.9 Å². The lowest BCUT2D eigenvalue weighted by atomic mass is 10.2. The van der Waals surface area contributed by atoms with Gasteiger partial charge in [-0.3, -0.25) is 9.59 Å². The highest BCUT2D eigenvalue weighted by Gasteiger charge is 2.26. The van der Waals surface area contributed by atoms with Crippen molar-refractivity contribution in [2.45, 2.75) is 16.6 Å². The quantitative estimate of drug-likeness (QED) is 0.799. The van der Waals surface area contributed by atoms with Gasteiger partial charge in [0.05, 0.1) is 10.9 Å². The average Bonchev–Trinajstić information content (AvgIpc) is 2.19. The summed E-state index contributed by atoms with van der Waals surface area (Å²) in [6.07, 6.45) is 1.91. The van der Waals surface area contributed by atoms with Crippen LogP contribution in [-0.4, -0.2) is 17.4 Å². The van der Waals surface area contributed by atoms with Crippen LogP contribution in [0.25, 0.3) is 0 Å². The van der Waals surface area contributed by atoms with Gasteiger partial charge in [0.1, 0.15) is 0 Å². The number of para-hydroxylation sites is 1. The standard InChI is InChI=1S/C10H8NO2S/c12-6-5-9-10(13)11-7-3-1-2-4-8(7)14-9/h1-4,9H,5H2,(H,11,13). The normalized spacial score (nSPS) is 19.7. The molecule has 0 bridgehead atoms. The largest absolute Gasteiger partial charge is 0.324 e. The van der Waals surface area contributed by atoms with Gasteiger partial charge in [0, 0.05) is 11.3 Å². The van der Waals surface area contributed by atoms with Crippen LogP contribution in [0.5, 0.6) is 0 Å². The number of hydrogen-bond donors (Lipinski definition) is 1. The Morgan fingerprint density at radius 3 is 3.00 bits per heavy atom. The number of amides is 1. The van der Waals surface area contributed by atoms with Crippen LogP contribution in [-0.2, 0) is 9.59 Å². The Bertz CT molecular complexity index is 378. The van der Waals surface area contributed by atoms with E-state index in [4.69, 9.17) is 0 Å². The molecule has 0 aliphatic carbocycles. The lowest BCUT2D eigenvalue weighted by Gasteiger charge is -2.22. The minimum atomic E-state index is -0.331. The first kappa shape index (κ1) is 9.27. The molecule has 1 heterocycles. The second kappa shape index (κ2) is 3.84. The topological polar surface area (TPSA) is 46.2 Å². The lowest BCUT2D eigenvalue weighted by Crippen LogP contribution is -2.29. The number of rotatable bonds is 2. The van der Waals surface area contributed by atoms with Crippen LogP contribution in [0.3, 0.4) is 0 Å². The molecule has 0 fully saturated rings. The van der Waals surface area contributed by atoms with Crippen molar-refractivity contribution < 1.29 is 9.59 Å². The molecule has 14 heavy (non-hydrogen) atoms. The van der Waals surface area contributed by atoms with Gasteiger partial charge in [-0.15, -0.1) is 11.8 Å². The van der Waals surface area contributed by atoms with Crippen molar-refractivity contribution in [1.82, 2.24) is 0 Å². The lowest BCUT2D eigenvalue weighted by molar-refractivity contribution is -0.115. The first-order valence-electron chi connectivity index (χ1n) is 4.23. The smallest absolute Gasteiger partial charge is 0.238 e. The Morgan fingerprint density at radius 1 is 1.43 bits per heavy atom. The summed E-state index contributed by atoms with van der Waals surface area (Å²) in [5, 5.41) is 2.42. The molecule has 0 aromatic heterocycles. The number of hydrogen-bond acceptors (Lipinski definition) is 3. The Hall–Kier alpha value is -1.29. The zero-order valence-electron chi connectivity index (χ0n) is 7.32. The molecule has 1 aromatic rings. The highest BCUT2D eigenvalue weighted by molar-refractivity contribution is 8.01. The summed E-state index contributed by atoms with van der Waals surface area (Å²) in [5.74, 6) is -0.114. The molecule has 3 nitrogen and oxygen atoms in total. The van der Waals surface area contributed by atoms with Crippen LogP contribution >= 0.6 is 11.8 Å². The summed E-state index contributed by atoms with van der Waals surface area (Å²) in [4.78, 5) is 22.7.